The van der Waals surface area contributed by atoms with Gasteiger partial charge in [0, 0.05) is 0 Å². The summed E-state index contributed by atoms with van der Waals surface area (Å²) in [6.07, 6.45) is -9.71. The van der Waals surface area contributed by atoms with Crippen LogP contribution in [0.3, 0.4) is 0 Å². The molecular weight excluding hydrogens is 488 g/mol. The molecule has 0 aliphatic carbocycles. The third kappa shape index (κ3) is 5.92. The Bertz CT molecular complexity index is 1150. The van der Waals surface area contributed by atoms with Crippen molar-refractivity contribution in [1.82, 2.24) is 0 Å². The second-order valence-corrected chi connectivity index (χ2v) is 9.91. The molecule has 0 bridgehead atoms. The normalized spacial score (nSPS) is 12.5. The second kappa shape index (κ2) is 9.83. The van der Waals surface area contributed by atoms with Gasteiger partial charge in [0.1, 0.15) is 0 Å². The van der Waals surface area contributed by atoms with Crippen LogP contribution in [-0.4, -0.2) is 42.5 Å². The molecule has 3 rings (SSSR count). The fourth-order valence-corrected chi connectivity index (χ4v) is 6.30. The van der Waals surface area contributed by atoms with Gasteiger partial charge in [0.2, 0.25) is 0 Å². The molecule has 0 saturated carbocycles. The summed E-state index contributed by atoms with van der Waals surface area (Å²) in [4.78, 5) is -0.633. The fraction of sp³-hybridized carbons (Fsp3) is 0.100. The van der Waals surface area contributed by atoms with Crippen LogP contribution in [0.25, 0.3) is 0 Å². The van der Waals surface area contributed by atoms with Crippen molar-refractivity contribution >= 4 is 63.5 Å². The van der Waals surface area contributed by atoms with Crippen molar-refractivity contribution in [2.24, 2.45) is 0 Å². The molecule has 0 atom stereocenters. The second-order valence-electron chi connectivity index (χ2n) is 6.34. The van der Waals surface area contributed by atoms with Gasteiger partial charge in [-0.3, -0.25) is 4.55 Å². The molecule has 0 radical (unpaired) electrons. The summed E-state index contributed by atoms with van der Waals surface area (Å²) in [7, 11) is -7.23. The molecule has 0 spiro atoms. The Balaban J connectivity index is 0.00000363. The van der Waals surface area contributed by atoms with Crippen LogP contribution in [0.5, 0.6) is 0 Å². The summed E-state index contributed by atoms with van der Waals surface area (Å²) in [5.74, 6) is 0. The Hall–Kier alpha value is -1.42. The van der Waals surface area contributed by atoms with E-state index in [0.29, 0.717) is 0 Å². The molecule has 0 saturated heterocycles. The van der Waals surface area contributed by atoms with Crippen LogP contribution in [0.15, 0.2) is 77.7 Å². The van der Waals surface area contributed by atoms with Crippen LogP contribution in [0.4, 0.5) is 26.3 Å². The molecule has 0 aliphatic heterocycles. The molecular formula is C20H14F6NaO3PS. The number of alkyl halides is 6. The Kier molecular flexibility index (Phi) is 8.24. The summed E-state index contributed by atoms with van der Waals surface area (Å²) < 4.78 is 115. The first-order valence-corrected chi connectivity index (χ1v) is 11.3. The third-order valence-electron chi connectivity index (χ3n) is 4.27. The van der Waals surface area contributed by atoms with Gasteiger partial charge in [-0.25, -0.2) is 0 Å². The van der Waals surface area contributed by atoms with Crippen molar-refractivity contribution in [3.05, 3.63) is 83.9 Å². The van der Waals surface area contributed by atoms with E-state index in [0.717, 1.165) is 54.6 Å². The molecule has 0 aliphatic rings. The van der Waals surface area contributed by atoms with Gasteiger partial charge in [-0.05, 0) is 48.1 Å². The maximum atomic E-state index is 13.7. The molecule has 0 aromatic heterocycles. The van der Waals surface area contributed by atoms with Crippen molar-refractivity contribution < 1.29 is 39.3 Å². The number of benzene rings is 3. The Morgan fingerprint density at radius 1 is 0.688 bits per heavy atom. The van der Waals surface area contributed by atoms with Crippen molar-refractivity contribution in [1.29, 1.82) is 0 Å². The van der Waals surface area contributed by atoms with E-state index in [1.165, 1.54) is 18.2 Å². The third-order valence-corrected chi connectivity index (χ3v) is 7.66. The predicted octanol–water partition coefficient (Wildman–Crippen LogP) is 4.08. The molecule has 166 valence electrons. The summed E-state index contributed by atoms with van der Waals surface area (Å²) in [5.41, 5.74) is -2.26. The van der Waals surface area contributed by atoms with E-state index in [-0.39, 0.29) is 34.9 Å². The van der Waals surface area contributed by atoms with Crippen LogP contribution in [0.2, 0.25) is 0 Å². The fourth-order valence-electron chi connectivity index (χ4n) is 3.01. The first kappa shape index (κ1) is 26.8. The molecule has 1 N–H and O–H groups in total. The van der Waals surface area contributed by atoms with E-state index in [1.54, 1.807) is 0 Å². The minimum atomic E-state index is -4.86. The molecule has 3 nitrogen and oxygen atoms in total. The molecule has 32 heavy (non-hydrogen) atoms. The van der Waals surface area contributed by atoms with Gasteiger partial charge in [0.25, 0.3) is 10.1 Å². The monoisotopic (exact) mass is 502 g/mol. The quantitative estimate of drug-likeness (QED) is 0.253. The van der Waals surface area contributed by atoms with Gasteiger partial charge < -0.3 is 0 Å². The Morgan fingerprint density at radius 2 is 1.12 bits per heavy atom. The maximum absolute atomic E-state index is 13.7. The number of hydrogen-bond acceptors (Lipinski definition) is 2. The molecule has 12 heteroatoms. The van der Waals surface area contributed by atoms with Gasteiger partial charge >= 0.3 is 41.9 Å². The average Bonchev–Trinajstić information content (AvgIpc) is 2.67. The van der Waals surface area contributed by atoms with Crippen LogP contribution in [0, 0.1) is 0 Å². The van der Waals surface area contributed by atoms with Crippen LogP contribution >= 0.6 is 7.92 Å². The number of rotatable bonds is 4. The van der Waals surface area contributed by atoms with Gasteiger partial charge in [-0.2, -0.15) is 34.8 Å². The minimum absolute atomic E-state index is 0. The molecule has 0 unspecified atom stereocenters. The average molecular weight is 502 g/mol. The molecule has 3 aromatic rings. The van der Waals surface area contributed by atoms with E-state index in [2.05, 4.69) is 0 Å². The molecule has 0 amide bonds. The summed E-state index contributed by atoms with van der Waals surface area (Å²) >= 11 is 0. The Labute approximate surface area is 203 Å². The van der Waals surface area contributed by atoms with E-state index in [1.807, 2.05) is 0 Å². The summed E-state index contributed by atoms with van der Waals surface area (Å²) in [5, 5.41) is -0.943. The van der Waals surface area contributed by atoms with Crippen LogP contribution in [0.1, 0.15) is 11.1 Å². The van der Waals surface area contributed by atoms with E-state index in [4.69, 9.17) is 0 Å². The van der Waals surface area contributed by atoms with E-state index in [9.17, 15) is 39.3 Å². The zero-order chi connectivity index (χ0) is 23.0. The first-order chi connectivity index (χ1) is 14.3. The van der Waals surface area contributed by atoms with Crippen molar-refractivity contribution in [3.63, 3.8) is 0 Å². The van der Waals surface area contributed by atoms with Gasteiger partial charge in [0.15, 0.2) is 0 Å². The SMILES string of the molecule is O=S(=O)(O)c1cccc(P(c2ccccc2C(F)(F)F)c2ccccc2C(F)(F)F)c1.[NaH]. The first-order valence-electron chi connectivity index (χ1n) is 8.50. The summed E-state index contributed by atoms with van der Waals surface area (Å²) in [6.45, 7) is 0. The van der Waals surface area contributed by atoms with E-state index >= 15 is 0 Å². The summed E-state index contributed by atoms with van der Waals surface area (Å²) in [6, 6.07) is 12.7. The van der Waals surface area contributed by atoms with E-state index < -0.39 is 57.0 Å². The molecule has 3 aromatic carbocycles. The van der Waals surface area contributed by atoms with Crippen molar-refractivity contribution in [2.75, 3.05) is 0 Å². The standard InChI is InChI=1S/C20H13F6O3PS.Na.H/c21-19(22,23)15-8-1-3-10-17(15)30(13-6-5-7-14(12-13)31(27,28)29)18-11-4-2-9-16(18)20(24,25)26;;/h1-12H,(H,27,28,29);;. The molecule has 0 fully saturated rings. The van der Waals surface area contributed by atoms with Crippen LogP contribution in [-0.2, 0) is 22.5 Å². The Morgan fingerprint density at radius 3 is 1.53 bits per heavy atom. The van der Waals surface area contributed by atoms with Crippen molar-refractivity contribution in [3.8, 4) is 0 Å². The topological polar surface area (TPSA) is 54.4 Å². The van der Waals surface area contributed by atoms with Gasteiger partial charge in [0.05, 0.1) is 16.0 Å². The van der Waals surface area contributed by atoms with Gasteiger partial charge in [-0.1, -0.05) is 48.5 Å². The zero-order valence-corrected chi connectivity index (χ0v) is 17.0. The molecule has 0 heterocycles. The van der Waals surface area contributed by atoms with Crippen LogP contribution < -0.4 is 15.9 Å². The van der Waals surface area contributed by atoms with Gasteiger partial charge in [-0.15, -0.1) is 0 Å². The number of hydrogen-bond donors (Lipinski definition) is 1. The number of halogens is 6. The zero-order valence-electron chi connectivity index (χ0n) is 15.3. The van der Waals surface area contributed by atoms with Crippen molar-refractivity contribution in [2.45, 2.75) is 17.2 Å². The predicted molar refractivity (Wildman–Crippen MR) is 112 cm³/mol.